The Labute approximate surface area is 142 Å². The fraction of sp³-hybridized carbons (Fsp3) is 0.526. The first-order chi connectivity index (χ1) is 11.7. The molecular weight excluding hydrogens is 304 g/mol. The Hall–Kier alpha value is -1.85. The summed E-state index contributed by atoms with van der Waals surface area (Å²) in [5, 5.41) is 1.18. The summed E-state index contributed by atoms with van der Waals surface area (Å²) in [5.74, 6) is 0.156. The Morgan fingerprint density at radius 1 is 1.21 bits per heavy atom. The zero-order valence-corrected chi connectivity index (χ0v) is 14.1. The molecule has 0 bridgehead atoms. The second-order valence-corrected chi connectivity index (χ2v) is 6.69. The van der Waals surface area contributed by atoms with Gasteiger partial charge in [-0.15, -0.1) is 0 Å². The molecule has 0 spiro atoms. The van der Waals surface area contributed by atoms with Crippen LogP contribution in [0.2, 0.25) is 0 Å². The van der Waals surface area contributed by atoms with Crippen molar-refractivity contribution in [2.75, 3.05) is 19.8 Å². The molecule has 128 valence electrons. The van der Waals surface area contributed by atoms with Crippen LogP contribution in [0.15, 0.2) is 30.3 Å². The number of carbonyl (C=O) groups is 1. The van der Waals surface area contributed by atoms with E-state index in [4.69, 9.17) is 9.47 Å². The van der Waals surface area contributed by atoms with Gasteiger partial charge in [-0.1, -0.05) is 18.2 Å². The molecule has 2 aromatic rings. The van der Waals surface area contributed by atoms with E-state index in [-0.39, 0.29) is 18.2 Å². The van der Waals surface area contributed by atoms with Gasteiger partial charge < -0.3 is 18.9 Å². The Bertz CT molecular complexity index is 733. The SMILES string of the molecule is Cc1cc2ccccc2n1CC(=O)N1CCCCC1C1OCCO1. The third-order valence-corrected chi connectivity index (χ3v) is 5.14. The van der Waals surface area contributed by atoms with Crippen molar-refractivity contribution in [2.45, 2.75) is 45.1 Å². The fourth-order valence-corrected chi connectivity index (χ4v) is 3.93. The quantitative estimate of drug-likeness (QED) is 0.870. The predicted molar refractivity (Wildman–Crippen MR) is 91.7 cm³/mol. The van der Waals surface area contributed by atoms with Crippen LogP contribution in [0.25, 0.3) is 10.9 Å². The van der Waals surface area contributed by atoms with Gasteiger partial charge >= 0.3 is 0 Å². The minimum atomic E-state index is -0.253. The summed E-state index contributed by atoms with van der Waals surface area (Å²) in [5.41, 5.74) is 2.23. The Balaban J connectivity index is 1.56. The molecule has 0 N–H and O–H groups in total. The van der Waals surface area contributed by atoms with E-state index >= 15 is 0 Å². The van der Waals surface area contributed by atoms with E-state index in [1.807, 2.05) is 17.0 Å². The van der Waals surface area contributed by atoms with Gasteiger partial charge in [0, 0.05) is 17.8 Å². The van der Waals surface area contributed by atoms with Gasteiger partial charge in [-0.2, -0.15) is 0 Å². The minimum Gasteiger partial charge on any atom is -0.348 e. The van der Waals surface area contributed by atoms with Crippen LogP contribution in [-0.4, -0.2) is 47.5 Å². The molecule has 1 aromatic carbocycles. The Kier molecular flexibility index (Phi) is 4.29. The van der Waals surface area contributed by atoms with Crippen molar-refractivity contribution in [3.8, 4) is 0 Å². The number of fused-ring (bicyclic) bond motifs is 1. The summed E-state index contributed by atoms with van der Waals surface area (Å²) in [6.07, 6.45) is 2.89. The van der Waals surface area contributed by atoms with Crippen LogP contribution >= 0.6 is 0 Å². The number of ether oxygens (including phenoxy) is 2. The molecule has 5 heteroatoms. The predicted octanol–water partition coefficient (Wildman–Crippen LogP) is 2.70. The van der Waals surface area contributed by atoms with Crippen LogP contribution in [0.4, 0.5) is 0 Å². The normalized spacial score (nSPS) is 22.4. The van der Waals surface area contributed by atoms with Crippen LogP contribution in [0, 0.1) is 6.92 Å². The summed E-state index contributed by atoms with van der Waals surface area (Å²) >= 11 is 0. The molecule has 1 amide bonds. The minimum absolute atomic E-state index is 0.0517. The number of amides is 1. The van der Waals surface area contributed by atoms with Crippen LogP contribution in [0.3, 0.4) is 0 Å². The van der Waals surface area contributed by atoms with Gasteiger partial charge in [0.15, 0.2) is 6.29 Å². The highest BCUT2D eigenvalue weighted by Gasteiger charge is 2.36. The van der Waals surface area contributed by atoms with Gasteiger partial charge in [-0.05, 0) is 43.7 Å². The molecule has 0 aliphatic carbocycles. The van der Waals surface area contributed by atoms with Crippen LogP contribution < -0.4 is 0 Å². The number of likely N-dealkylation sites (tertiary alicyclic amines) is 1. The van der Waals surface area contributed by atoms with E-state index in [1.165, 1.54) is 5.39 Å². The number of benzene rings is 1. The zero-order valence-electron chi connectivity index (χ0n) is 14.1. The lowest BCUT2D eigenvalue weighted by molar-refractivity contribution is -0.151. The largest absolute Gasteiger partial charge is 0.348 e. The van der Waals surface area contributed by atoms with Crippen molar-refractivity contribution in [2.24, 2.45) is 0 Å². The molecule has 2 aliphatic heterocycles. The van der Waals surface area contributed by atoms with Gasteiger partial charge in [0.05, 0.1) is 19.3 Å². The van der Waals surface area contributed by atoms with Gasteiger partial charge in [0.1, 0.15) is 6.54 Å². The second kappa shape index (κ2) is 6.57. The van der Waals surface area contributed by atoms with Gasteiger partial charge in [0.2, 0.25) is 5.91 Å². The lowest BCUT2D eigenvalue weighted by Gasteiger charge is -2.38. The average Bonchev–Trinajstić information content (AvgIpc) is 3.24. The number of nitrogens with zero attached hydrogens (tertiary/aromatic N) is 2. The van der Waals surface area contributed by atoms with Gasteiger partial charge in [-0.3, -0.25) is 4.79 Å². The maximum Gasteiger partial charge on any atom is 0.242 e. The number of aromatic nitrogens is 1. The first-order valence-electron chi connectivity index (χ1n) is 8.81. The lowest BCUT2D eigenvalue weighted by atomic mass is 10.0. The topological polar surface area (TPSA) is 43.7 Å². The summed E-state index contributed by atoms with van der Waals surface area (Å²) in [6.45, 7) is 4.49. The number of rotatable bonds is 3. The third-order valence-electron chi connectivity index (χ3n) is 5.14. The van der Waals surface area contributed by atoms with Gasteiger partial charge in [-0.25, -0.2) is 0 Å². The Morgan fingerprint density at radius 2 is 2.00 bits per heavy atom. The molecular formula is C19H24N2O3. The van der Waals surface area contributed by atoms with E-state index in [0.717, 1.165) is 37.0 Å². The van der Waals surface area contributed by atoms with Crippen molar-refractivity contribution in [1.82, 2.24) is 9.47 Å². The third kappa shape index (κ3) is 2.82. The van der Waals surface area contributed by atoms with Gasteiger partial charge in [0.25, 0.3) is 0 Å². The highest BCUT2D eigenvalue weighted by molar-refractivity contribution is 5.84. The monoisotopic (exact) mass is 328 g/mol. The van der Waals surface area contributed by atoms with E-state index in [9.17, 15) is 4.79 Å². The van der Waals surface area contributed by atoms with Crippen molar-refractivity contribution in [1.29, 1.82) is 0 Å². The van der Waals surface area contributed by atoms with E-state index in [1.54, 1.807) is 0 Å². The summed E-state index contributed by atoms with van der Waals surface area (Å²) in [6, 6.07) is 10.4. The van der Waals surface area contributed by atoms with E-state index in [0.29, 0.717) is 19.8 Å². The Morgan fingerprint density at radius 3 is 2.83 bits per heavy atom. The molecule has 1 atom stereocenters. The van der Waals surface area contributed by atoms with Crippen molar-refractivity contribution >= 4 is 16.8 Å². The zero-order chi connectivity index (χ0) is 16.5. The van der Waals surface area contributed by atoms with E-state index < -0.39 is 0 Å². The molecule has 3 heterocycles. The second-order valence-electron chi connectivity index (χ2n) is 6.69. The number of piperidine rings is 1. The first-order valence-corrected chi connectivity index (χ1v) is 8.81. The molecule has 1 unspecified atom stereocenters. The maximum absolute atomic E-state index is 13.0. The number of hydrogen-bond donors (Lipinski definition) is 0. The molecule has 5 nitrogen and oxygen atoms in total. The van der Waals surface area contributed by atoms with Crippen molar-refractivity contribution in [3.63, 3.8) is 0 Å². The number of hydrogen-bond acceptors (Lipinski definition) is 3. The van der Waals surface area contributed by atoms with Crippen LogP contribution in [0.5, 0.6) is 0 Å². The molecule has 2 fully saturated rings. The fourth-order valence-electron chi connectivity index (χ4n) is 3.93. The molecule has 0 saturated carbocycles. The molecule has 24 heavy (non-hydrogen) atoms. The van der Waals surface area contributed by atoms with Crippen molar-refractivity contribution < 1.29 is 14.3 Å². The van der Waals surface area contributed by atoms with Crippen LogP contribution in [0.1, 0.15) is 25.0 Å². The first kappa shape index (κ1) is 15.7. The molecule has 0 radical (unpaired) electrons. The lowest BCUT2D eigenvalue weighted by Crippen LogP contribution is -2.51. The highest BCUT2D eigenvalue weighted by Crippen LogP contribution is 2.26. The smallest absolute Gasteiger partial charge is 0.242 e. The van der Waals surface area contributed by atoms with Crippen LogP contribution in [-0.2, 0) is 20.8 Å². The average molecular weight is 328 g/mol. The molecule has 2 aliphatic rings. The standard InChI is InChI=1S/C19H24N2O3/c1-14-12-15-6-2-3-7-16(15)21(14)13-18(22)20-9-5-4-8-17(20)19-23-10-11-24-19/h2-3,6-7,12,17,19H,4-5,8-11,13H2,1H3. The number of para-hydroxylation sites is 1. The summed E-state index contributed by atoms with van der Waals surface area (Å²) < 4.78 is 13.5. The van der Waals surface area contributed by atoms with E-state index in [2.05, 4.69) is 29.7 Å². The summed E-state index contributed by atoms with van der Waals surface area (Å²) in [7, 11) is 0. The number of aryl methyl sites for hydroxylation is 1. The van der Waals surface area contributed by atoms with Crippen molar-refractivity contribution in [3.05, 3.63) is 36.0 Å². The molecule has 1 aromatic heterocycles. The summed E-state index contributed by atoms with van der Waals surface area (Å²) in [4.78, 5) is 15.0. The molecule has 2 saturated heterocycles. The number of carbonyl (C=O) groups excluding carboxylic acids is 1. The maximum atomic E-state index is 13.0. The highest BCUT2D eigenvalue weighted by atomic mass is 16.7. The molecule has 4 rings (SSSR count).